The van der Waals surface area contributed by atoms with Crippen molar-refractivity contribution in [2.24, 2.45) is 0 Å². The maximum Gasteiger partial charge on any atom is 0.240 e. The lowest BCUT2D eigenvalue weighted by molar-refractivity contribution is 0.482. The summed E-state index contributed by atoms with van der Waals surface area (Å²) < 4.78 is 33.5. The molecule has 2 aromatic carbocycles. The lowest BCUT2D eigenvalue weighted by atomic mass is 10.3. The average Bonchev–Trinajstić information content (AvgIpc) is 3.29. The van der Waals surface area contributed by atoms with E-state index in [-0.39, 0.29) is 11.4 Å². The summed E-state index contributed by atoms with van der Waals surface area (Å²) in [5.41, 5.74) is 0.634. The second-order valence-electron chi connectivity index (χ2n) is 6.75. The monoisotopic (exact) mass is 410 g/mol. The smallest absolute Gasteiger partial charge is 0.240 e. The van der Waals surface area contributed by atoms with Crippen LogP contribution in [0.4, 0.5) is 5.95 Å². The van der Waals surface area contributed by atoms with Crippen molar-refractivity contribution >= 4 is 16.0 Å². The van der Waals surface area contributed by atoms with Crippen LogP contribution in [0.25, 0.3) is 0 Å². The molecule has 0 amide bonds. The minimum atomic E-state index is -3.66. The van der Waals surface area contributed by atoms with Gasteiger partial charge in [0, 0.05) is 19.3 Å². The van der Waals surface area contributed by atoms with E-state index in [0.29, 0.717) is 23.1 Å². The molecule has 1 aromatic heterocycles. The first-order chi connectivity index (χ1) is 14.1. The maximum absolute atomic E-state index is 12.6. The molecule has 3 aromatic rings. The molecule has 1 fully saturated rings. The lowest BCUT2D eigenvalue weighted by Gasteiger charge is -2.15. The van der Waals surface area contributed by atoms with Crippen molar-refractivity contribution in [1.29, 1.82) is 0 Å². The van der Waals surface area contributed by atoms with Crippen molar-refractivity contribution in [1.82, 2.24) is 14.7 Å². The minimum absolute atomic E-state index is 0.105. The van der Waals surface area contributed by atoms with Gasteiger partial charge in [0.05, 0.1) is 17.1 Å². The Bertz CT molecular complexity index is 1050. The number of para-hydroxylation sites is 1. The Morgan fingerprint density at radius 2 is 1.62 bits per heavy atom. The third-order valence-corrected chi connectivity index (χ3v) is 6.06. The Labute approximate surface area is 170 Å². The third kappa shape index (κ3) is 4.90. The molecular formula is C21H22N4O3S. The molecule has 0 unspecified atom stereocenters. The fraction of sp³-hybridized carbons (Fsp3) is 0.238. The number of hydrogen-bond acceptors (Lipinski definition) is 6. The number of nitrogens with zero attached hydrogens (tertiary/aromatic N) is 3. The van der Waals surface area contributed by atoms with Gasteiger partial charge in [0.15, 0.2) is 0 Å². The molecule has 29 heavy (non-hydrogen) atoms. The molecule has 1 saturated heterocycles. The van der Waals surface area contributed by atoms with E-state index >= 15 is 0 Å². The second kappa shape index (κ2) is 8.59. The van der Waals surface area contributed by atoms with Crippen LogP contribution in [-0.2, 0) is 16.6 Å². The van der Waals surface area contributed by atoms with Gasteiger partial charge in [0.1, 0.15) is 11.5 Å². The molecule has 0 radical (unpaired) electrons. The summed E-state index contributed by atoms with van der Waals surface area (Å²) in [4.78, 5) is 11.1. The molecule has 0 spiro atoms. The van der Waals surface area contributed by atoms with Gasteiger partial charge in [-0.05, 0) is 55.3 Å². The number of rotatable bonds is 7. The Hall–Kier alpha value is -2.97. The predicted octanol–water partition coefficient (Wildman–Crippen LogP) is 3.35. The van der Waals surface area contributed by atoms with Gasteiger partial charge < -0.3 is 9.64 Å². The van der Waals surface area contributed by atoms with Crippen molar-refractivity contribution in [3.8, 4) is 11.5 Å². The SMILES string of the molecule is O=S(=O)(NCc1ccnc(N2CCCC2)n1)c1ccc(Oc2ccccc2)cc1. The molecule has 7 nitrogen and oxygen atoms in total. The first-order valence-electron chi connectivity index (χ1n) is 9.50. The number of ether oxygens (including phenoxy) is 1. The van der Waals surface area contributed by atoms with Gasteiger partial charge in [-0.2, -0.15) is 0 Å². The van der Waals surface area contributed by atoms with Crippen molar-refractivity contribution in [2.45, 2.75) is 24.3 Å². The Morgan fingerprint density at radius 3 is 2.34 bits per heavy atom. The van der Waals surface area contributed by atoms with Crippen LogP contribution in [-0.4, -0.2) is 31.5 Å². The van der Waals surface area contributed by atoms with E-state index < -0.39 is 10.0 Å². The highest BCUT2D eigenvalue weighted by atomic mass is 32.2. The first kappa shape index (κ1) is 19.4. The van der Waals surface area contributed by atoms with Crippen LogP contribution < -0.4 is 14.4 Å². The van der Waals surface area contributed by atoms with Crippen LogP contribution in [0.5, 0.6) is 11.5 Å². The quantitative estimate of drug-likeness (QED) is 0.643. The summed E-state index contributed by atoms with van der Waals surface area (Å²) in [6, 6.07) is 17.4. The molecule has 2 heterocycles. The molecule has 0 aliphatic carbocycles. The van der Waals surface area contributed by atoms with Crippen molar-refractivity contribution in [3.63, 3.8) is 0 Å². The van der Waals surface area contributed by atoms with E-state index in [1.165, 1.54) is 12.1 Å². The Kier molecular flexibility index (Phi) is 5.73. The highest BCUT2D eigenvalue weighted by molar-refractivity contribution is 7.89. The zero-order valence-electron chi connectivity index (χ0n) is 15.9. The van der Waals surface area contributed by atoms with Crippen LogP contribution in [0.2, 0.25) is 0 Å². The minimum Gasteiger partial charge on any atom is -0.457 e. The highest BCUT2D eigenvalue weighted by Gasteiger charge is 2.17. The lowest BCUT2D eigenvalue weighted by Crippen LogP contribution is -2.25. The van der Waals surface area contributed by atoms with E-state index in [2.05, 4.69) is 19.6 Å². The van der Waals surface area contributed by atoms with Gasteiger partial charge in [-0.25, -0.2) is 23.1 Å². The molecule has 4 rings (SSSR count). The Balaban J connectivity index is 1.40. The van der Waals surface area contributed by atoms with Crippen LogP contribution in [0.1, 0.15) is 18.5 Å². The van der Waals surface area contributed by atoms with Crippen molar-refractivity contribution in [3.05, 3.63) is 72.6 Å². The molecule has 0 bridgehead atoms. The summed E-state index contributed by atoms with van der Waals surface area (Å²) in [6.07, 6.45) is 3.92. The fourth-order valence-electron chi connectivity index (χ4n) is 3.12. The van der Waals surface area contributed by atoms with Gasteiger partial charge >= 0.3 is 0 Å². The summed E-state index contributed by atoms with van der Waals surface area (Å²) in [6.45, 7) is 1.98. The first-order valence-corrected chi connectivity index (χ1v) is 11.0. The summed E-state index contributed by atoms with van der Waals surface area (Å²) in [5, 5.41) is 0. The summed E-state index contributed by atoms with van der Waals surface area (Å²) >= 11 is 0. The molecule has 1 N–H and O–H groups in total. The van der Waals surface area contributed by atoms with Crippen molar-refractivity contribution in [2.75, 3.05) is 18.0 Å². The molecule has 0 saturated carbocycles. The Morgan fingerprint density at radius 1 is 0.931 bits per heavy atom. The van der Waals surface area contributed by atoms with E-state index in [4.69, 9.17) is 4.74 Å². The number of hydrogen-bond donors (Lipinski definition) is 1. The van der Waals surface area contributed by atoms with E-state index in [1.54, 1.807) is 24.4 Å². The topological polar surface area (TPSA) is 84.4 Å². The van der Waals surface area contributed by atoms with E-state index in [0.717, 1.165) is 25.9 Å². The molecular weight excluding hydrogens is 388 g/mol. The van der Waals surface area contributed by atoms with E-state index in [9.17, 15) is 8.42 Å². The highest BCUT2D eigenvalue weighted by Crippen LogP contribution is 2.22. The molecule has 1 aliphatic rings. The zero-order valence-corrected chi connectivity index (χ0v) is 16.7. The van der Waals surface area contributed by atoms with E-state index in [1.807, 2.05) is 30.3 Å². The third-order valence-electron chi connectivity index (χ3n) is 4.65. The summed E-state index contributed by atoms with van der Waals surface area (Å²) in [5.74, 6) is 1.92. The standard InChI is InChI=1S/C21H22N4O3S/c26-29(27,20-10-8-19(9-11-20)28-18-6-2-1-3-7-18)23-16-17-12-13-22-21(24-17)25-14-4-5-15-25/h1-3,6-13,23H,4-5,14-16H2. The molecule has 8 heteroatoms. The van der Waals surface area contributed by atoms with Crippen LogP contribution in [0.15, 0.2) is 71.8 Å². The van der Waals surface area contributed by atoms with Gasteiger partial charge in [0.25, 0.3) is 0 Å². The maximum atomic E-state index is 12.6. The number of sulfonamides is 1. The predicted molar refractivity (Wildman–Crippen MR) is 110 cm³/mol. The van der Waals surface area contributed by atoms with Gasteiger partial charge in [-0.15, -0.1) is 0 Å². The number of aromatic nitrogens is 2. The van der Waals surface area contributed by atoms with Gasteiger partial charge in [0.2, 0.25) is 16.0 Å². The molecule has 1 aliphatic heterocycles. The summed E-state index contributed by atoms with van der Waals surface area (Å²) in [7, 11) is -3.66. The second-order valence-corrected chi connectivity index (χ2v) is 8.52. The zero-order chi connectivity index (χ0) is 20.1. The van der Waals surface area contributed by atoms with Gasteiger partial charge in [-0.1, -0.05) is 18.2 Å². The largest absolute Gasteiger partial charge is 0.457 e. The average molecular weight is 410 g/mol. The van der Waals surface area contributed by atoms with Gasteiger partial charge in [-0.3, -0.25) is 0 Å². The fourth-order valence-corrected chi connectivity index (χ4v) is 4.12. The molecule has 0 atom stereocenters. The number of anilines is 1. The normalized spacial score (nSPS) is 14.1. The molecule has 150 valence electrons. The van der Waals surface area contributed by atoms with Crippen LogP contribution in [0.3, 0.4) is 0 Å². The van der Waals surface area contributed by atoms with Crippen LogP contribution in [0, 0.1) is 0 Å². The van der Waals surface area contributed by atoms with Crippen molar-refractivity contribution < 1.29 is 13.2 Å². The number of benzene rings is 2. The number of nitrogens with one attached hydrogen (secondary N) is 1. The van der Waals surface area contributed by atoms with Crippen LogP contribution >= 0.6 is 0 Å².